The first-order chi connectivity index (χ1) is 11.2. The SMILES string of the molecule is CCOCC[C@@]12CCC[C@H]1[C@@H]1CCC3=CC(=O)CCC3=C1CC2. The molecule has 4 aliphatic carbocycles. The van der Waals surface area contributed by atoms with Crippen molar-refractivity contribution in [1.29, 1.82) is 0 Å². The number of ketones is 1. The van der Waals surface area contributed by atoms with Gasteiger partial charge in [-0.05, 0) is 92.8 Å². The normalized spacial score (nSPS) is 36.4. The van der Waals surface area contributed by atoms with Crippen LogP contribution in [0.25, 0.3) is 0 Å². The summed E-state index contributed by atoms with van der Waals surface area (Å²) in [6.07, 6.45) is 14.3. The Morgan fingerprint density at radius 2 is 2.09 bits per heavy atom. The molecule has 0 bridgehead atoms. The highest BCUT2D eigenvalue weighted by atomic mass is 16.5. The fourth-order valence-electron chi connectivity index (χ4n) is 6.18. The molecule has 3 atom stereocenters. The lowest BCUT2D eigenvalue weighted by Crippen LogP contribution is -2.39. The van der Waals surface area contributed by atoms with Crippen LogP contribution in [0.5, 0.6) is 0 Å². The molecule has 2 saturated carbocycles. The summed E-state index contributed by atoms with van der Waals surface area (Å²) in [6, 6.07) is 0. The van der Waals surface area contributed by atoms with Gasteiger partial charge in [0, 0.05) is 19.6 Å². The summed E-state index contributed by atoms with van der Waals surface area (Å²) in [7, 11) is 0. The molecule has 23 heavy (non-hydrogen) atoms. The highest BCUT2D eigenvalue weighted by Gasteiger charge is 2.50. The third-order valence-corrected chi connectivity index (χ3v) is 7.21. The van der Waals surface area contributed by atoms with E-state index in [4.69, 9.17) is 4.74 Å². The molecular weight excluding hydrogens is 284 g/mol. The lowest BCUT2D eigenvalue weighted by atomic mass is 9.56. The third-order valence-electron chi connectivity index (χ3n) is 7.21. The summed E-state index contributed by atoms with van der Waals surface area (Å²) in [6.45, 7) is 3.90. The number of allylic oxidation sites excluding steroid dienone is 4. The zero-order chi connectivity index (χ0) is 15.9. The van der Waals surface area contributed by atoms with Crippen molar-refractivity contribution < 1.29 is 9.53 Å². The number of rotatable bonds is 4. The Hall–Kier alpha value is -0.890. The van der Waals surface area contributed by atoms with Gasteiger partial charge < -0.3 is 4.74 Å². The molecule has 0 radical (unpaired) electrons. The standard InChI is InChI=1S/C21H30O2/c1-2-23-13-12-21-10-3-4-20(21)19-7-5-15-14-16(22)6-8-17(15)18(19)9-11-21/h14,19-20H,2-13H2,1H3/t19-,20+,21+/m1/s1. The minimum absolute atomic E-state index is 0.352. The zero-order valence-corrected chi connectivity index (χ0v) is 14.5. The van der Waals surface area contributed by atoms with Gasteiger partial charge in [-0.15, -0.1) is 0 Å². The Kier molecular flexibility index (Phi) is 4.21. The summed E-state index contributed by atoms with van der Waals surface area (Å²) in [5.74, 6) is 2.05. The van der Waals surface area contributed by atoms with Crippen molar-refractivity contribution in [2.45, 2.75) is 71.1 Å². The van der Waals surface area contributed by atoms with E-state index in [1.807, 2.05) is 6.08 Å². The predicted molar refractivity (Wildman–Crippen MR) is 92.2 cm³/mol. The van der Waals surface area contributed by atoms with Crippen molar-refractivity contribution in [3.63, 3.8) is 0 Å². The van der Waals surface area contributed by atoms with E-state index in [1.165, 1.54) is 50.5 Å². The Morgan fingerprint density at radius 3 is 2.96 bits per heavy atom. The molecule has 0 aliphatic heterocycles. The quantitative estimate of drug-likeness (QED) is 0.683. The number of hydrogen-bond acceptors (Lipinski definition) is 2. The van der Waals surface area contributed by atoms with Crippen LogP contribution in [0.2, 0.25) is 0 Å². The maximum atomic E-state index is 11.7. The summed E-state index contributed by atoms with van der Waals surface area (Å²) >= 11 is 0. The first-order valence-corrected chi connectivity index (χ1v) is 9.77. The Labute approximate surface area is 140 Å². The van der Waals surface area contributed by atoms with Gasteiger partial charge >= 0.3 is 0 Å². The van der Waals surface area contributed by atoms with Gasteiger partial charge in [0.2, 0.25) is 0 Å². The van der Waals surface area contributed by atoms with Crippen molar-refractivity contribution in [3.05, 3.63) is 22.8 Å². The molecule has 0 aromatic carbocycles. The van der Waals surface area contributed by atoms with Crippen LogP contribution in [0.4, 0.5) is 0 Å². The van der Waals surface area contributed by atoms with Crippen molar-refractivity contribution in [1.82, 2.24) is 0 Å². The van der Waals surface area contributed by atoms with E-state index in [9.17, 15) is 4.79 Å². The minimum atomic E-state index is 0.352. The van der Waals surface area contributed by atoms with Crippen molar-refractivity contribution >= 4 is 5.78 Å². The molecule has 0 aromatic rings. The third kappa shape index (κ3) is 2.63. The van der Waals surface area contributed by atoms with Crippen LogP contribution in [0.1, 0.15) is 71.1 Å². The zero-order valence-electron chi connectivity index (χ0n) is 14.5. The van der Waals surface area contributed by atoms with Crippen LogP contribution in [-0.4, -0.2) is 19.0 Å². The highest BCUT2D eigenvalue weighted by molar-refractivity contribution is 5.93. The number of ether oxygens (including phenoxy) is 1. The molecule has 0 heterocycles. The summed E-state index contributed by atoms with van der Waals surface area (Å²) in [4.78, 5) is 11.7. The van der Waals surface area contributed by atoms with Crippen molar-refractivity contribution in [2.75, 3.05) is 13.2 Å². The molecule has 0 amide bonds. The number of hydrogen-bond donors (Lipinski definition) is 0. The average Bonchev–Trinajstić information content (AvgIpc) is 2.98. The molecule has 0 unspecified atom stereocenters. The summed E-state index contributed by atoms with van der Waals surface area (Å²) in [5, 5.41) is 0. The van der Waals surface area contributed by atoms with E-state index in [1.54, 1.807) is 11.1 Å². The van der Waals surface area contributed by atoms with E-state index >= 15 is 0 Å². The summed E-state index contributed by atoms with van der Waals surface area (Å²) < 4.78 is 5.71. The number of carbonyl (C=O) groups excluding carboxylic acids is 1. The second-order valence-electron chi connectivity index (χ2n) is 8.09. The van der Waals surface area contributed by atoms with Crippen LogP contribution in [0, 0.1) is 17.3 Å². The molecule has 126 valence electrons. The lowest BCUT2D eigenvalue weighted by Gasteiger charge is -2.49. The smallest absolute Gasteiger partial charge is 0.156 e. The molecule has 2 heteroatoms. The first-order valence-electron chi connectivity index (χ1n) is 9.77. The van der Waals surface area contributed by atoms with Crippen LogP contribution < -0.4 is 0 Å². The van der Waals surface area contributed by atoms with Crippen LogP contribution in [0.3, 0.4) is 0 Å². The summed E-state index contributed by atoms with van der Waals surface area (Å²) in [5.41, 5.74) is 5.32. The lowest BCUT2D eigenvalue weighted by molar-refractivity contribution is -0.114. The second-order valence-corrected chi connectivity index (χ2v) is 8.09. The molecule has 0 N–H and O–H groups in total. The molecule has 2 fully saturated rings. The van der Waals surface area contributed by atoms with Gasteiger partial charge in [0.05, 0.1) is 0 Å². The maximum Gasteiger partial charge on any atom is 0.156 e. The van der Waals surface area contributed by atoms with E-state index in [2.05, 4.69) is 6.92 Å². The Morgan fingerprint density at radius 1 is 1.17 bits per heavy atom. The topological polar surface area (TPSA) is 26.3 Å². The van der Waals surface area contributed by atoms with Gasteiger partial charge in [0.15, 0.2) is 5.78 Å². The van der Waals surface area contributed by atoms with Gasteiger partial charge in [-0.1, -0.05) is 12.0 Å². The molecule has 2 nitrogen and oxygen atoms in total. The van der Waals surface area contributed by atoms with Crippen LogP contribution in [0.15, 0.2) is 22.8 Å². The fraction of sp³-hybridized carbons (Fsp3) is 0.762. The highest BCUT2D eigenvalue weighted by Crippen LogP contribution is 2.61. The van der Waals surface area contributed by atoms with E-state index in [0.29, 0.717) is 11.2 Å². The number of carbonyl (C=O) groups is 1. The Bertz CT molecular complexity index is 556. The molecule has 0 saturated heterocycles. The van der Waals surface area contributed by atoms with E-state index in [0.717, 1.165) is 44.3 Å². The Balaban J connectivity index is 1.60. The van der Waals surface area contributed by atoms with Gasteiger partial charge in [-0.2, -0.15) is 0 Å². The molecule has 0 aromatic heterocycles. The van der Waals surface area contributed by atoms with E-state index in [-0.39, 0.29) is 0 Å². The van der Waals surface area contributed by atoms with Gasteiger partial charge in [0.1, 0.15) is 0 Å². The largest absolute Gasteiger partial charge is 0.382 e. The van der Waals surface area contributed by atoms with Crippen LogP contribution >= 0.6 is 0 Å². The fourth-order valence-corrected chi connectivity index (χ4v) is 6.18. The van der Waals surface area contributed by atoms with Crippen LogP contribution in [-0.2, 0) is 9.53 Å². The first kappa shape index (κ1) is 15.6. The molecule has 0 spiro atoms. The molecule has 4 rings (SSSR count). The monoisotopic (exact) mass is 314 g/mol. The molecular formula is C21H30O2. The van der Waals surface area contributed by atoms with Gasteiger partial charge in [-0.3, -0.25) is 4.79 Å². The van der Waals surface area contributed by atoms with Gasteiger partial charge in [-0.25, -0.2) is 0 Å². The van der Waals surface area contributed by atoms with Gasteiger partial charge in [0.25, 0.3) is 0 Å². The molecule has 4 aliphatic rings. The maximum absolute atomic E-state index is 11.7. The minimum Gasteiger partial charge on any atom is -0.382 e. The average molecular weight is 314 g/mol. The van der Waals surface area contributed by atoms with Crippen molar-refractivity contribution in [2.24, 2.45) is 17.3 Å². The van der Waals surface area contributed by atoms with E-state index < -0.39 is 0 Å². The van der Waals surface area contributed by atoms with Crippen molar-refractivity contribution in [3.8, 4) is 0 Å². The predicted octanol–water partition coefficient (Wildman–Crippen LogP) is 4.99. The number of fused-ring (bicyclic) bond motifs is 4. The second kappa shape index (κ2) is 6.20.